The van der Waals surface area contributed by atoms with Gasteiger partial charge in [-0.25, -0.2) is 0 Å². The number of nitrogens with one attached hydrogen (secondary N) is 1. The van der Waals surface area contributed by atoms with E-state index in [-0.39, 0.29) is 12.5 Å². The summed E-state index contributed by atoms with van der Waals surface area (Å²) in [5.74, 6) is 1.75. The average molecular weight is 386 g/mol. The van der Waals surface area contributed by atoms with Gasteiger partial charge in [-0.05, 0) is 55.3 Å². The van der Waals surface area contributed by atoms with Crippen molar-refractivity contribution < 1.29 is 19.0 Å². The Bertz CT molecular complexity index is 728. The predicted molar refractivity (Wildman–Crippen MR) is 113 cm³/mol. The van der Waals surface area contributed by atoms with E-state index in [0.29, 0.717) is 17.2 Å². The zero-order chi connectivity index (χ0) is 20.2. The van der Waals surface area contributed by atoms with Gasteiger partial charge < -0.3 is 19.5 Å². The number of anilines is 1. The number of unbranched alkanes of at least 4 members (excludes halogenated alkanes) is 4. The second kappa shape index (κ2) is 11.9. The number of methoxy groups -OCH3 is 1. The van der Waals surface area contributed by atoms with Gasteiger partial charge in [-0.2, -0.15) is 0 Å². The Labute approximate surface area is 168 Å². The van der Waals surface area contributed by atoms with E-state index in [0.717, 1.165) is 24.3 Å². The molecule has 0 aliphatic heterocycles. The zero-order valence-electron chi connectivity index (χ0n) is 17.1. The fourth-order valence-electron chi connectivity index (χ4n) is 2.76. The summed E-state index contributed by atoms with van der Waals surface area (Å²) in [5, 5.41) is 2.82. The number of benzene rings is 2. The van der Waals surface area contributed by atoms with E-state index in [1.807, 2.05) is 43.3 Å². The molecule has 1 amide bonds. The number of hydrogen-bond donors (Lipinski definition) is 1. The van der Waals surface area contributed by atoms with Gasteiger partial charge in [-0.15, -0.1) is 0 Å². The normalized spacial score (nSPS) is 10.4. The molecule has 0 saturated heterocycles. The number of carbonyl (C=O) groups is 1. The van der Waals surface area contributed by atoms with Gasteiger partial charge in [0.1, 0.15) is 5.75 Å². The number of ether oxygens (including phenoxy) is 3. The van der Waals surface area contributed by atoms with Gasteiger partial charge >= 0.3 is 0 Å². The van der Waals surface area contributed by atoms with Crippen LogP contribution in [0.5, 0.6) is 17.2 Å². The second-order valence-electron chi connectivity index (χ2n) is 6.78. The van der Waals surface area contributed by atoms with Crippen molar-refractivity contribution in [2.24, 2.45) is 0 Å². The van der Waals surface area contributed by atoms with E-state index in [1.165, 1.54) is 25.7 Å². The highest BCUT2D eigenvalue weighted by Crippen LogP contribution is 2.27. The number of aryl methyl sites for hydroxylation is 1. The lowest BCUT2D eigenvalue weighted by atomic mass is 10.2. The Morgan fingerprint density at radius 1 is 0.929 bits per heavy atom. The smallest absolute Gasteiger partial charge is 0.262 e. The summed E-state index contributed by atoms with van der Waals surface area (Å²) >= 11 is 0. The number of hydrogen-bond acceptors (Lipinski definition) is 4. The predicted octanol–water partition coefficient (Wildman–Crippen LogP) is 5.37. The second-order valence-corrected chi connectivity index (χ2v) is 6.78. The lowest BCUT2D eigenvalue weighted by Crippen LogP contribution is -2.20. The van der Waals surface area contributed by atoms with Crippen molar-refractivity contribution in [1.82, 2.24) is 0 Å². The summed E-state index contributed by atoms with van der Waals surface area (Å²) in [6.07, 6.45) is 6.07. The molecule has 0 saturated carbocycles. The number of rotatable bonds is 12. The van der Waals surface area contributed by atoms with Gasteiger partial charge in [-0.1, -0.05) is 38.7 Å². The van der Waals surface area contributed by atoms with Crippen LogP contribution in [0.15, 0.2) is 42.5 Å². The third-order valence-electron chi connectivity index (χ3n) is 4.33. The summed E-state index contributed by atoms with van der Waals surface area (Å²) < 4.78 is 16.6. The number of carbonyl (C=O) groups excluding carboxylic acids is 1. The van der Waals surface area contributed by atoms with Crippen molar-refractivity contribution in [1.29, 1.82) is 0 Å². The molecule has 0 unspecified atom stereocenters. The van der Waals surface area contributed by atoms with Crippen LogP contribution >= 0.6 is 0 Å². The molecule has 28 heavy (non-hydrogen) atoms. The van der Waals surface area contributed by atoms with Crippen LogP contribution in [-0.4, -0.2) is 26.2 Å². The topological polar surface area (TPSA) is 56.8 Å². The summed E-state index contributed by atoms with van der Waals surface area (Å²) in [7, 11) is 1.58. The van der Waals surface area contributed by atoms with E-state index in [2.05, 4.69) is 12.2 Å². The van der Waals surface area contributed by atoms with E-state index in [4.69, 9.17) is 14.2 Å². The maximum Gasteiger partial charge on any atom is 0.262 e. The Hall–Kier alpha value is -2.69. The van der Waals surface area contributed by atoms with Crippen LogP contribution in [0.25, 0.3) is 0 Å². The van der Waals surface area contributed by atoms with E-state index >= 15 is 0 Å². The Kier molecular flexibility index (Phi) is 9.19. The third-order valence-corrected chi connectivity index (χ3v) is 4.33. The lowest BCUT2D eigenvalue weighted by Gasteiger charge is -2.12. The molecule has 1 N–H and O–H groups in total. The average Bonchev–Trinajstić information content (AvgIpc) is 2.70. The van der Waals surface area contributed by atoms with E-state index in [9.17, 15) is 4.79 Å². The Morgan fingerprint density at radius 3 is 2.39 bits per heavy atom. The fourth-order valence-corrected chi connectivity index (χ4v) is 2.76. The molecule has 0 atom stereocenters. The molecular weight excluding hydrogens is 354 g/mol. The van der Waals surface area contributed by atoms with Crippen LogP contribution < -0.4 is 19.5 Å². The molecule has 0 fully saturated rings. The molecule has 0 bridgehead atoms. The lowest BCUT2D eigenvalue weighted by molar-refractivity contribution is -0.118. The molecule has 0 radical (unpaired) electrons. The molecule has 5 nitrogen and oxygen atoms in total. The summed E-state index contributed by atoms with van der Waals surface area (Å²) in [4.78, 5) is 12.1. The van der Waals surface area contributed by atoms with Crippen LogP contribution in [-0.2, 0) is 4.79 Å². The molecule has 152 valence electrons. The maximum absolute atomic E-state index is 12.1. The van der Waals surface area contributed by atoms with Gasteiger partial charge in [0, 0.05) is 5.69 Å². The number of amides is 1. The molecule has 2 aromatic rings. The van der Waals surface area contributed by atoms with Crippen LogP contribution in [0.2, 0.25) is 0 Å². The third kappa shape index (κ3) is 7.51. The van der Waals surface area contributed by atoms with E-state index in [1.54, 1.807) is 13.2 Å². The van der Waals surface area contributed by atoms with E-state index < -0.39 is 0 Å². The van der Waals surface area contributed by atoms with Crippen LogP contribution in [0.3, 0.4) is 0 Å². The Morgan fingerprint density at radius 2 is 1.68 bits per heavy atom. The molecule has 0 aliphatic rings. The van der Waals surface area contributed by atoms with Crippen molar-refractivity contribution in [3.63, 3.8) is 0 Å². The first kappa shape index (κ1) is 21.6. The SMILES string of the molecule is CCCCCCCOc1ccc(NC(=O)COc2ccc(C)cc2OC)cc1. The van der Waals surface area contributed by atoms with Crippen molar-refractivity contribution >= 4 is 11.6 Å². The van der Waals surface area contributed by atoms with Crippen LogP contribution in [0, 0.1) is 6.92 Å². The van der Waals surface area contributed by atoms with Gasteiger partial charge in [0.2, 0.25) is 0 Å². The fraction of sp³-hybridized carbons (Fsp3) is 0.435. The van der Waals surface area contributed by atoms with Crippen molar-refractivity contribution in [3.05, 3.63) is 48.0 Å². The molecule has 0 spiro atoms. The first-order chi connectivity index (χ1) is 13.6. The molecule has 0 heterocycles. The molecule has 0 aliphatic carbocycles. The molecule has 0 aromatic heterocycles. The monoisotopic (exact) mass is 385 g/mol. The van der Waals surface area contributed by atoms with Crippen LogP contribution in [0.1, 0.15) is 44.6 Å². The minimum Gasteiger partial charge on any atom is -0.494 e. The van der Waals surface area contributed by atoms with Gasteiger partial charge in [0.25, 0.3) is 5.91 Å². The zero-order valence-corrected chi connectivity index (χ0v) is 17.1. The summed E-state index contributed by atoms with van der Waals surface area (Å²) in [6.45, 7) is 4.82. The summed E-state index contributed by atoms with van der Waals surface area (Å²) in [6, 6.07) is 13.0. The molecule has 2 aromatic carbocycles. The standard InChI is InChI=1S/C23H31NO4/c1-4-5-6-7-8-15-27-20-12-10-19(11-13-20)24-23(25)17-28-21-14-9-18(2)16-22(21)26-3/h9-14,16H,4-8,15,17H2,1-3H3,(H,24,25). The molecular formula is C23H31NO4. The highest BCUT2D eigenvalue weighted by molar-refractivity contribution is 5.91. The van der Waals surface area contributed by atoms with Gasteiger partial charge in [0.05, 0.1) is 13.7 Å². The van der Waals surface area contributed by atoms with Gasteiger partial charge in [0.15, 0.2) is 18.1 Å². The van der Waals surface area contributed by atoms with Crippen molar-refractivity contribution in [3.8, 4) is 17.2 Å². The minimum atomic E-state index is -0.229. The largest absolute Gasteiger partial charge is 0.494 e. The summed E-state index contributed by atoms with van der Waals surface area (Å²) in [5.41, 5.74) is 1.77. The van der Waals surface area contributed by atoms with Crippen LogP contribution in [0.4, 0.5) is 5.69 Å². The minimum absolute atomic E-state index is 0.0879. The molecule has 2 rings (SSSR count). The molecule has 5 heteroatoms. The highest BCUT2D eigenvalue weighted by atomic mass is 16.5. The Balaban J connectivity index is 1.73. The van der Waals surface area contributed by atoms with Crippen molar-refractivity contribution in [2.45, 2.75) is 46.0 Å². The first-order valence-corrected chi connectivity index (χ1v) is 9.92. The van der Waals surface area contributed by atoms with Gasteiger partial charge in [-0.3, -0.25) is 4.79 Å². The maximum atomic E-state index is 12.1. The highest BCUT2D eigenvalue weighted by Gasteiger charge is 2.08. The first-order valence-electron chi connectivity index (χ1n) is 9.92. The quantitative estimate of drug-likeness (QED) is 0.499. The van der Waals surface area contributed by atoms with Crippen molar-refractivity contribution in [2.75, 3.05) is 25.6 Å².